The number of hydrogen-bond acceptors (Lipinski definition) is 2. The molecule has 0 amide bonds. The molecular formula is C16H20N2. The van der Waals surface area contributed by atoms with Gasteiger partial charge in [0, 0.05) is 19.3 Å². The maximum Gasteiger partial charge on any atom is 0.0428 e. The van der Waals surface area contributed by atoms with Crippen molar-refractivity contribution in [2.75, 3.05) is 18.5 Å². The van der Waals surface area contributed by atoms with Gasteiger partial charge < -0.3 is 10.6 Å². The number of para-hydroxylation sites is 1. The third-order valence-electron chi connectivity index (χ3n) is 3.14. The predicted octanol–water partition coefficient (Wildman–Crippen LogP) is 2.82. The van der Waals surface area contributed by atoms with Crippen LogP contribution in [0.25, 0.3) is 0 Å². The molecule has 0 aliphatic rings. The Morgan fingerprint density at radius 2 is 1.50 bits per heavy atom. The molecule has 18 heavy (non-hydrogen) atoms. The SMILES string of the molecule is CN(Cc1ccccc1CCN)c1ccccc1. The van der Waals surface area contributed by atoms with Gasteiger partial charge in [-0.25, -0.2) is 0 Å². The molecule has 0 heterocycles. The second-order valence-electron chi connectivity index (χ2n) is 4.50. The van der Waals surface area contributed by atoms with Gasteiger partial charge in [-0.15, -0.1) is 0 Å². The van der Waals surface area contributed by atoms with Crippen LogP contribution in [0.15, 0.2) is 54.6 Å². The summed E-state index contributed by atoms with van der Waals surface area (Å²) in [5.74, 6) is 0. The zero-order chi connectivity index (χ0) is 12.8. The first kappa shape index (κ1) is 12.7. The van der Waals surface area contributed by atoms with Crippen molar-refractivity contribution in [1.29, 1.82) is 0 Å². The summed E-state index contributed by atoms with van der Waals surface area (Å²) < 4.78 is 0. The summed E-state index contributed by atoms with van der Waals surface area (Å²) in [5, 5.41) is 0. The molecule has 94 valence electrons. The van der Waals surface area contributed by atoms with Gasteiger partial charge in [-0.2, -0.15) is 0 Å². The van der Waals surface area contributed by atoms with Gasteiger partial charge in [0.25, 0.3) is 0 Å². The predicted molar refractivity (Wildman–Crippen MR) is 77.7 cm³/mol. The monoisotopic (exact) mass is 240 g/mol. The molecule has 0 saturated carbocycles. The van der Waals surface area contributed by atoms with Crippen LogP contribution in [-0.2, 0) is 13.0 Å². The van der Waals surface area contributed by atoms with Crippen molar-refractivity contribution in [3.8, 4) is 0 Å². The Labute approximate surface area is 109 Å². The van der Waals surface area contributed by atoms with Gasteiger partial charge in [0.1, 0.15) is 0 Å². The van der Waals surface area contributed by atoms with Crippen molar-refractivity contribution >= 4 is 5.69 Å². The van der Waals surface area contributed by atoms with Gasteiger partial charge in [-0.3, -0.25) is 0 Å². The van der Waals surface area contributed by atoms with Crippen LogP contribution in [0.2, 0.25) is 0 Å². The first-order valence-electron chi connectivity index (χ1n) is 6.34. The molecule has 0 aliphatic heterocycles. The van der Waals surface area contributed by atoms with E-state index in [1.807, 2.05) is 6.07 Å². The Morgan fingerprint density at radius 1 is 0.889 bits per heavy atom. The quantitative estimate of drug-likeness (QED) is 0.870. The van der Waals surface area contributed by atoms with E-state index in [-0.39, 0.29) is 0 Å². The maximum absolute atomic E-state index is 5.66. The summed E-state index contributed by atoms with van der Waals surface area (Å²) in [4.78, 5) is 2.26. The van der Waals surface area contributed by atoms with Gasteiger partial charge in [0.05, 0.1) is 0 Å². The molecule has 2 nitrogen and oxygen atoms in total. The van der Waals surface area contributed by atoms with E-state index in [9.17, 15) is 0 Å². The molecule has 0 unspecified atom stereocenters. The van der Waals surface area contributed by atoms with E-state index in [1.54, 1.807) is 0 Å². The molecule has 2 heteroatoms. The minimum Gasteiger partial charge on any atom is -0.370 e. The van der Waals surface area contributed by atoms with Gasteiger partial charge in [0.15, 0.2) is 0 Å². The minimum atomic E-state index is 0.700. The van der Waals surface area contributed by atoms with Crippen molar-refractivity contribution in [2.45, 2.75) is 13.0 Å². The smallest absolute Gasteiger partial charge is 0.0428 e. The fraction of sp³-hybridized carbons (Fsp3) is 0.250. The van der Waals surface area contributed by atoms with Crippen molar-refractivity contribution in [3.63, 3.8) is 0 Å². The molecular weight excluding hydrogens is 220 g/mol. The molecule has 2 rings (SSSR count). The zero-order valence-corrected chi connectivity index (χ0v) is 10.8. The summed E-state index contributed by atoms with van der Waals surface area (Å²) in [6.07, 6.45) is 0.943. The number of rotatable bonds is 5. The largest absolute Gasteiger partial charge is 0.370 e. The Bertz CT molecular complexity index is 479. The van der Waals surface area contributed by atoms with Crippen LogP contribution in [0.4, 0.5) is 5.69 Å². The van der Waals surface area contributed by atoms with Crippen LogP contribution in [0, 0.1) is 0 Å². The summed E-state index contributed by atoms with van der Waals surface area (Å²) in [7, 11) is 2.12. The summed E-state index contributed by atoms with van der Waals surface area (Å²) in [5.41, 5.74) is 9.60. The minimum absolute atomic E-state index is 0.700. The lowest BCUT2D eigenvalue weighted by Crippen LogP contribution is -2.18. The van der Waals surface area contributed by atoms with E-state index in [4.69, 9.17) is 5.73 Å². The van der Waals surface area contributed by atoms with Crippen LogP contribution in [0.5, 0.6) is 0 Å². The third-order valence-corrected chi connectivity index (χ3v) is 3.14. The topological polar surface area (TPSA) is 29.3 Å². The molecule has 2 aromatic carbocycles. The van der Waals surface area contributed by atoms with Crippen molar-refractivity contribution in [3.05, 3.63) is 65.7 Å². The van der Waals surface area contributed by atoms with E-state index in [0.29, 0.717) is 6.54 Å². The fourth-order valence-corrected chi connectivity index (χ4v) is 2.14. The lowest BCUT2D eigenvalue weighted by Gasteiger charge is -2.21. The second-order valence-corrected chi connectivity index (χ2v) is 4.50. The number of nitrogens with zero attached hydrogens (tertiary/aromatic N) is 1. The molecule has 0 radical (unpaired) electrons. The molecule has 0 spiro atoms. The van der Waals surface area contributed by atoms with Gasteiger partial charge in [-0.1, -0.05) is 42.5 Å². The second kappa shape index (κ2) is 6.22. The highest BCUT2D eigenvalue weighted by molar-refractivity contribution is 5.46. The molecule has 0 aliphatic carbocycles. The average Bonchev–Trinajstić information content (AvgIpc) is 2.42. The van der Waals surface area contributed by atoms with Gasteiger partial charge >= 0.3 is 0 Å². The molecule has 0 saturated heterocycles. The maximum atomic E-state index is 5.66. The Hall–Kier alpha value is -1.80. The average molecular weight is 240 g/mol. The van der Waals surface area contributed by atoms with Crippen LogP contribution < -0.4 is 10.6 Å². The first-order chi connectivity index (χ1) is 8.81. The molecule has 2 N–H and O–H groups in total. The Morgan fingerprint density at radius 3 is 2.17 bits per heavy atom. The molecule has 0 aromatic heterocycles. The van der Waals surface area contributed by atoms with E-state index >= 15 is 0 Å². The van der Waals surface area contributed by atoms with Crippen LogP contribution in [-0.4, -0.2) is 13.6 Å². The summed E-state index contributed by atoms with van der Waals surface area (Å²) in [6, 6.07) is 19.0. The highest BCUT2D eigenvalue weighted by Crippen LogP contribution is 2.17. The molecule has 2 aromatic rings. The van der Waals surface area contributed by atoms with Gasteiger partial charge in [0.2, 0.25) is 0 Å². The van der Waals surface area contributed by atoms with Crippen LogP contribution in [0.3, 0.4) is 0 Å². The Balaban J connectivity index is 2.14. The van der Waals surface area contributed by atoms with Crippen molar-refractivity contribution in [2.24, 2.45) is 5.73 Å². The normalized spacial score (nSPS) is 10.3. The zero-order valence-electron chi connectivity index (χ0n) is 10.8. The Kier molecular flexibility index (Phi) is 4.37. The highest BCUT2D eigenvalue weighted by atomic mass is 15.1. The van der Waals surface area contributed by atoms with Crippen molar-refractivity contribution in [1.82, 2.24) is 0 Å². The third kappa shape index (κ3) is 3.11. The van der Waals surface area contributed by atoms with Gasteiger partial charge in [-0.05, 0) is 36.2 Å². The first-order valence-corrected chi connectivity index (χ1v) is 6.34. The summed E-state index contributed by atoms with van der Waals surface area (Å²) in [6.45, 7) is 1.62. The number of benzene rings is 2. The molecule has 0 bridgehead atoms. The fourth-order valence-electron chi connectivity index (χ4n) is 2.14. The van der Waals surface area contributed by atoms with E-state index in [2.05, 4.69) is 60.5 Å². The number of hydrogen-bond donors (Lipinski definition) is 1. The highest BCUT2D eigenvalue weighted by Gasteiger charge is 2.05. The van der Waals surface area contributed by atoms with Crippen molar-refractivity contribution < 1.29 is 0 Å². The van der Waals surface area contributed by atoms with Crippen LogP contribution in [0.1, 0.15) is 11.1 Å². The molecule has 0 fully saturated rings. The number of anilines is 1. The van der Waals surface area contributed by atoms with E-state index in [0.717, 1.165) is 13.0 Å². The number of nitrogens with two attached hydrogens (primary N) is 1. The summed E-state index contributed by atoms with van der Waals surface area (Å²) >= 11 is 0. The lowest BCUT2D eigenvalue weighted by molar-refractivity contribution is 0.881. The van der Waals surface area contributed by atoms with E-state index in [1.165, 1.54) is 16.8 Å². The molecule has 0 atom stereocenters. The lowest BCUT2D eigenvalue weighted by atomic mass is 10.0. The van der Waals surface area contributed by atoms with E-state index < -0.39 is 0 Å². The standard InChI is InChI=1S/C16H20N2/c1-18(16-9-3-2-4-10-16)13-15-8-6-5-7-14(15)11-12-17/h2-10H,11-13,17H2,1H3. The van der Waals surface area contributed by atoms with Crippen LogP contribution >= 0.6 is 0 Å².